The molecule has 2 amide bonds. The topological polar surface area (TPSA) is 137 Å². The van der Waals surface area contributed by atoms with Gasteiger partial charge in [-0.25, -0.2) is 4.79 Å². The summed E-state index contributed by atoms with van der Waals surface area (Å²) < 4.78 is 17.8. The molecule has 0 saturated heterocycles. The van der Waals surface area contributed by atoms with Crippen LogP contribution in [0.2, 0.25) is 0 Å². The van der Waals surface area contributed by atoms with Crippen molar-refractivity contribution in [3.8, 4) is 0 Å². The molecule has 4 saturated carbocycles. The molecule has 0 spiro atoms. The largest absolute Gasteiger partial charge is 0.462 e. The number of nitrogens with one attached hydrogen (secondary N) is 2. The number of fused-ring (bicyclic) bond motifs is 2. The highest BCUT2D eigenvalue weighted by molar-refractivity contribution is 6.02. The Kier molecular flexibility index (Phi) is 13.4. The Bertz CT molecular complexity index is 2010. The van der Waals surface area contributed by atoms with Gasteiger partial charge >= 0.3 is 18.0 Å². The third-order valence-corrected chi connectivity index (χ3v) is 17.9. The zero-order valence-corrected chi connectivity index (χ0v) is 42.1. The quantitative estimate of drug-likeness (QED) is 0.156. The van der Waals surface area contributed by atoms with E-state index < -0.39 is 28.2 Å². The predicted octanol–water partition coefficient (Wildman–Crippen LogP) is 11.2. The molecule has 5 aliphatic rings. The number of alkyl carbamates (subject to hydrolysis) is 1. The van der Waals surface area contributed by atoms with Crippen molar-refractivity contribution >= 4 is 29.7 Å². The van der Waals surface area contributed by atoms with E-state index in [2.05, 4.69) is 66.0 Å². The lowest BCUT2D eigenvalue weighted by Crippen LogP contribution is -2.65. The third-order valence-electron chi connectivity index (χ3n) is 17.9. The maximum absolute atomic E-state index is 14.2. The molecule has 0 radical (unpaired) electrons. The average Bonchev–Trinajstić information content (AvgIpc) is 3.45. The molecule has 9 atom stereocenters. The molecule has 10 nitrogen and oxygen atoms in total. The summed E-state index contributed by atoms with van der Waals surface area (Å²) in [6.07, 6.45) is 7.93. The molecule has 5 aliphatic carbocycles. The molecule has 1 aromatic carbocycles. The summed E-state index contributed by atoms with van der Waals surface area (Å²) in [5.74, 6) is -0.671. The van der Waals surface area contributed by atoms with Gasteiger partial charge in [-0.15, -0.1) is 0 Å². The van der Waals surface area contributed by atoms with Crippen molar-refractivity contribution in [1.82, 2.24) is 10.6 Å². The predicted molar refractivity (Wildman–Crippen MR) is 250 cm³/mol. The van der Waals surface area contributed by atoms with Crippen molar-refractivity contribution in [3.05, 3.63) is 47.0 Å². The standard InChI is InChI=1S/C54H82N2O8/c1-16-20-40-52(14)25-24-41(63-44(59)36-29-35(48(36,7)8)43(58)62-32-34-21-18-17-19-22-34)49(9,10)39(52)23-26-53(40,15)51(13)27-28-54(31-38(57)42(33(2)3)37(54)30-51)55-45(60)50(11,12)56-46(61)64-47(4,5)6/h17-19,21-22,33,35-36,39-41H,16,20,23-32H2,1-15H3,(H,55,60)(H,56,61)/t35-,36+,39+,40-,41+,51-,52+,53-,54-/m1/s1. The van der Waals surface area contributed by atoms with Gasteiger partial charge in [0.2, 0.25) is 5.91 Å². The van der Waals surface area contributed by atoms with Crippen LogP contribution in [0, 0.1) is 56.7 Å². The number of carbonyl (C=O) groups is 5. The maximum atomic E-state index is 14.2. The molecule has 6 rings (SSSR count). The van der Waals surface area contributed by atoms with Gasteiger partial charge in [0, 0.05) is 11.8 Å². The Morgan fingerprint density at radius 1 is 0.812 bits per heavy atom. The van der Waals surface area contributed by atoms with Gasteiger partial charge in [-0.2, -0.15) is 0 Å². The Morgan fingerprint density at radius 3 is 2.05 bits per heavy atom. The van der Waals surface area contributed by atoms with E-state index in [4.69, 9.17) is 14.2 Å². The van der Waals surface area contributed by atoms with Crippen LogP contribution in [0.4, 0.5) is 4.79 Å². The van der Waals surface area contributed by atoms with E-state index in [9.17, 15) is 24.0 Å². The second kappa shape index (κ2) is 17.2. The second-order valence-electron chi connectivity index (χ2n) is 24.6. The number of benzene rings is 1. The van der Waals surface area contributed by atoms with Crippen molar-refractivity contribution in [3.63, 3.8) is 0 Å². The van der Waals surface area contributed by atoms with Gasteiger partial charge in [0.1, 0.15) is 23.9 Å². The average molecular weight is 887 g/mol. The minimum absolute atomic E-state index is 0.00710. The Balaban J connectivity index is 1.19. The number of ketones is 1. The number of hydrogen-bond donors (Lipinski definition) is 2. The summed E-state index contributed by atoms with van der Waals surface area (Å²) in [5, 5.41) is 6.16. The highest BCUT2D eigenvalue weighted by Crippen LogP contribution is 2.72. The number of ether oxygens (including phenoxy) is 3. The molecular formula is C54H82N2O8. The fraction of sp³-hybridized carbons (Fsp3) is 0.759. The van der Waals surface area contributed by atoms with Crippen molar-refractivity contribution < 1.29 is 38.2 Å². The number of rotatable bonds is 12. The van der Waals surface area contributed by atoms with E-state index in [0.29, 0.717) is 24.7 Å². The van der Waals surface area contributed by atoms with Gasteiger partial charge in [0.25, 0.3) is 0 Å². The SMILES string of the molecule is CCC[C@@H]1[C@@]2(C)CC[C@H](OC(=O)[C@@H]3C[C@H](C(=O)OCc4ccccc4)C3(C)C)C(C)(C)[C@@H]2CC[C@@]1(C)[C@]1(C)CC[C@@]2(NC(=O)C(C)(C)NC(=O)OC(C)(C)C)CC(=O)C(C(C)C)=C2C1. The number of esters is 2. The monoisotopic (exact) mass is 887 g/mol. The first kappa shape index (κ1) is 49.7. The van der Waals surface area contributed by atoms with Gasteiger partial charge < -0.3 is 24.8 Å². The molecule has 4 fully saturated rings. The van der Waals surface area contributed by atoms with Crippen LogP contribution in [-0.4, -0.2) is 52.5 Å². The highest BCUT2D eigenvalue weighted by atomic mass is 16.6. The van der Waals surface area contributed by atoms with Crippen LogP contribution in [0.15, 0.2) is 41.5 Å². The molecule has 356 valence electrons. The Hall–Kier alpha value is -3.69. The Morgan fingerprint density at radius 2 is 1.45 bits per heavy atom. The molecule has 0 bridgehead atoms. The van der Waals surface area contributed by atoms with Crippen LogP contribution >= 0.6 is 0 Å². The van der Waals surface area contributed by atoms with Crippen molar-refractivity contribution in [1.29, 1.82) is 0 Å². The van der Waals surface area contributed by atoms with Crippen LogP contribution in [0.25, 0.3) is 0 Å². The normalized spacial score (nSPS) is 34.5. The summed E-state index contributed by atoms with van der Waals surface area (Å²) in [6, 6.07) is 9.67. The first-order valence-corrected chi connectivity index (χ1v) is 24.5. The van der Waals surface area contributed by atoms with E-state index in [1.165, 1.54) is 0 Å². The summed E-state index contributed by atoms with van der Waals surface area (Å²) in [5.41, 5.74) is -0.981. The molecule has 0 unspecified atom stereocenters. The number of amides is 2. The first-order valence-electron chi connectivity index (χ1n) is 24.5. The summed E-state index contributed by atoms with van der Waals surface area (Å²) in [4.78, 5) is 68.4. The van der Waals surface area contributed by atoms with Crippen molar-refractivity contribution in [2.45, 2.75) is 204 Å². The van der Waals surface area contributed by atoms with Crippen LogP contribution in [0.1, 0.15) is 180 Å². The van der Waals surface area contributed by atoms with Gasteiger partial charge in [-0.3, -0.25) is 19.2 Å². The first-order chi connectivity index (χ1) is 29.5. The lowest BCUT2D eigenvalue weighted by Gasteiger charge is -2.68. The van der Waals surface area contributed by atoms with Crippen LogP contribution < -0.4 is 10.6 Å². The van der Waals surface area contributed by atoms with E-state index >= 15 is 0 Å². The molecule has 1 aromatic rings. The lowest BCUT2D eigenvalue weighted by molar-refractivity contribution is -0.219. The maximum Gasteiger partial charge on any atom is 0.408 e. The Labute approximate surface area is 384 Å². The molecule has 0 heterocycles. The smallest absolute Gasteiger partial charge is 0.408 e. The van der Waals surface area contributed by atoms with Crippen LogP contribution in [-0.2, 0) is 40.0 Å². The minimum Gasteiger partial charge on any atom is -0.462 e. The zero-order valence-electron chi connectivity index (χ0n) is 42.1. The van der Waals surface area contributed by atoms with Crippen LogP contribution in [0.3, 0.4) is 0 Å². The van der Waals surface area contributed by atoms with Crippen molar-refractivity contribution in [2.24, 2.45) is 56.7 Å². The summed E-state index contributed by atoms with van der Waals surface area (Å²) in [7, 11) is 0. The molecule has 10 heteroatoms. The summed E-state index contributed by atoms with van der Waals surface area (Å²) >= 11 is 0. The van der Waals surface area contributed by atoms with Crippen LogP contribution in [0.5, 0.6) is 0 Å². The molecule has 0 aromatic heterocycles. The number of Topliss-reactive ketones (excluding diaryl/α,β-unsaturated/α-hetero) is 1. The third kappa shape index (κ3) is 8.83. The summed E-state index contributed by atoms with van der Waals surface area (Å²) in [6.45, 7) is 31.5. The minimum atomic E-state index is -1.27. The fourth-order valence-electron chi connectivity index (χ4n) is 13.9. The van der Waals surface area contributed by atoms with E-state index in [1.807, 2.05) is 44.2 Å². The lowest BCUT2D eigenvalue weighted by atomic mass is 9.37. The number of hydrogen-bond acceptors (Lipinski definition) is 8. The van der Waals surface area contributed by atoms with Gasteiger partial charge in [-0.05, 0) is 149 Å². The van der Waals surface area contributed by atoms with Crippen molar-refractivity contribution in [2.75, 3.05) is 0 Å². The molecular weight excluding hydrogens is 805 g/mol. The number of carbonyl (C=O) groups excluding carboxylic acids is 5. The molecule has 2 N–H and O–H groups in total. The zero-order chi connectivity index (χ0) is 47.6. The van der Waals surface area contributed by atoms with Gasteiger partial charge in [-0.1, -0.05) is 106 Å². The molecule has 64 heavy (non-hydrogen) atoms. The highest BCUT2D eigenvalue weighted by Gasteiger charge is 2.67. The second-order valence-corrected chi connectivity index (χ2v) is 24.6. The fourth-order valence-corrected chi connectivity index (χ4v) is 13.9. The molecule has 0 aliphatic heterocycles. The van der Waals surface area contributed by atoms with Gasteiger partial charge in [0.15, 0.2) is 5.78 Å². The van der Waals surface area contributed by atoms with E-state index in [1.54, 1.807) is 34.6 Å². The van der Waals surface area contributed by atoms with Gasteiger partial charge in [0.05, 0.1) is 17.4 Å². The van der Waals surface area contributed by atoms with E-state index in [0.717, 1.165) is 68.1 Å². The number of allylic oxidation sites excluding steroid dienone is 1. The van der Waals surface area contributed by atoms with E-state index in [-0.39, 0.29) is 82.2 Å².